The van der Waals surface area contributed by atoms with Gasteiger partial charge in [0.1, 0.15) is 12.1 Å². The lowest BCUT2D eigenvalue weighted by molar-refractivity contribution is -0.159. The SMILES string of the molecule is CC(C)(C)CNC(CC1CC1CC(C)(C)COC(CC1CC1)C(O)O)C(=O)O. The molecule has 0 aliphatic heterocycles. The largest absolute Gasteiger partial charge is 0.480 e. The Kier molecular flexibility index (Phi) is 7.93. The van der Waals surface area contributed by atoms with E-state index in [0.29, 0.717) is 37.3 Å². The predicted molar refractivity (Wildman–Crippen MR) is 109 cm³/mol. The molecule has 4 atom stereocenters. The summed E-state index contributed by atoms with van der Waals surface area (Å²) in [4.78, 5) is 11.6. The lowest BCUT2D eigenvalue weighted by atomic mass is 9.87. The normalized spacial score (nSPS) is 25.0. The van der Waals surface area contributed by atoms with Crippen LogP contribution in [-0.4, -0.2) is 52.9 Å². The molecule has 0 heterocycles. The molecule has 2 fully saturated rings. The van der Waals surface area contributed by atoms with Crippen molar-refractivity contribution in [3.8, 4) is 0 Å². The van der Waals surface area contributed by atoms with E-state index in [1.54, 1.807) is 0 Å². The highest BCUT2D eigenvalue weighted by Gasteiger charge is 2.43. The van der Waals surface area contributed by atoms with Gasteiger partial charge in [-0.1, -0.05) is 47.5 Å². The van der Waals surface area contributed by atoms with E-state index in [1.807, 2.05) is 0 Å². The minimum Gasteiger partial charge on any atom is -0.480 e. The van der Waals surface area contributed by atoms with Crippen molar-refractivity contribution in [1.29, 1.82) is 0 Å². The van der Waals surface area contributed by atoms with E-state index in [1.165, 1.54) is 0 Å². The quantitative estimate of drug-likeness (QED) is 0.355. The van der Waals surface area contributed by atoms with E-state index >= 15 is 0 Å². The monoisotopic (exact) mass is 399 g/mol. The van der Waals surface area contributed by atoms with Crippen LogP contribution in [0.3, 0.4) is 0 Å². The van der Waals surface area contributed by atoms with Crippen molar-refractivity contribution in [2.45, 2.75) is 91.6 Å². The molecular formula is C22H41NO5. The van der Waals surface area contributed by atoms with Gasteiger partial charge in [0.25, 0.3) is 0 Å². The summed E-state index contributed by atoms with van der Waals surface area (Å²) in [7, 11) is 0. The first-order chi connectivity index (χ1) is 12.9. The highest BCUT2D eigenvalue weighted by atomic mass is 16.6. The van der Waals surface area contributed by atoms with Crippen LogP contribution in [0.4, 0.5) is 0 Å². The lowest BCUT2D eigenvalue weighted by Gasteiger charge is -2.29. The van der Waals surface area contributed by atoms with Crippen molar-refractivity contribution in [3.05, 3.63) is 0 Å². The van der Waals surface area contributed by atoms with Gasteiger partial charge in [0.05, 0.1) is 6.61 Å². The van der Waals surface area contributed by atoms with Crippen LogP contribution in [0.2, 0.25) is 0 Å². The maximum atomic E-state index is 11.6. The third kappa shape index (κ3) is 8.76. The summed E-state index contributed by atoms with van der Waals surface area (Å²) in [6.45, 7) is 11.8. The van der Waals surface area contributed by atoms with E-state index in [9.17, 15) is 20.1 Å². The Bertz CT molecular complexity index is 510. The molecule has 2 saturated carbocycles. The summed E-state index contributed by atoms with van der Waals surface area (Å²) in [5.41, 5.74) is -0.00206. The molecule has 0 aromatic carbocycles. The van der Waals surface area contributed by atoms with Crippen LogP contribution in [0.25, 0.3) is 0 Å². The first-order valence-corrected chi connectivity index (χ1v) is 10.8. The Hall–Kier alpha value is -0.690. The van der Waals surface area contributed by atoms with Crippen LogP contribution >= 0.6 is 0 Å². The summed E-state index contributed by atoms with van der Waals surface area (Å²) >= 11 is 0. The van der Waals surface area contributed by atoms with Gasteiger partial charge < -0.3 is 25.4 Å². The molecule has 0 radical (unpaired) electrons. The molecule has 2 rings (SSSR count). The fourth-order valence-electron chi connectivity index (χ4n) is 3.91. The molecule has 0 bridgehead atoms. The second kappa shape index (κ2) is 9.41. The van der Waals surface area contributed by atoms with Gasteiger partial charge in [-0.3, -0.25) is 4.79 Å². The number of nitrogens with one attached hydrogen (secondary N) is 1. The first-order valence-electron chi connectivity index (χ1n) is 10.8. The molecule has 4 N–H and O–H groups in total. The highest BCUT2D eigenvalue weighted by Crippen LogP contribution is 2.49. The van der Waals surface area contributed by atoms with E-state index < -0.39 is 24.4 Å². The Morgan fingerprint density at radius 1 is 1.11 bits per heavy atom. The molecule has 0 aromatic rings. The van der Waals surface area contributed by atoms with Crippen molar-refractivity contribution in [1.82, 2.24) is 5.32 Å². The molecule has 0 amide bonds. The lowest BCUT2D eigenvalue weighted by Crippen LogP contribution is -2.41. The maximum absolute atomic E-state index is 11.6. The van der Waals surface area contributed by atoms with Gasteiger partial charge in [-0.2, -0.15) is 0 Å². The molecular weight excluding hydrogens is 358 g/mol. The number of hydrogen-bond acceptors (Lipinski definition) is 5. The number of aliphatic hydroxyl groups is 2. The average molecular weight is 400 g/mol. The smallest absolute Gasteiger partial charge is 0.320 e. The molecule has 0 saturated heterocycles. The van der Waals surface area contributed by atoms with Gasteiger partial charge in [0, 0.05) is 6.54 Å². The first kappa shape index (κ1) is 23.6. The standard InChI is InChI=1S/C22H41NO5/c1-21(2,3)12-23-17(19(24)25)10-15-9-16(15)11-22(4,5)13-28-18(20(26)27)8-14-6-7-14/h14-18,20,23,26-27H,6-13H2,1-5H3,(H,24,25). The third-order valence-electron chi connectivity index (χ3n) is 5.88. The Balaban J connectivity index is 1.74. The minimum absolute atomic E-state index is 0.0598. The summed E-state index contributed by atoms with van der Waals surface area (Å²) in [5.74, 6) is 0.782. The summed E-state index contributed by atoms with van der Waals surface area (Å²) in [6.07, 6.45) is 3.84. The van der Waals surface area contributed by atoms with Gasteiger partial charge >= 0.3 is 5.97 Å². The highest BCUT2D eigenvalue weighted by molar-refractivity contribution is 5.73. The van der Waals surface area contributed by atoms with Crippen LogP contribution in [-0.2, 0) is 9.53 Å². The van der Waals surface area contributed by atoms with E-state index in [-0.39, 0.29) is 10.8 Å². The second-order valence-corrected chi connectivity index (χ2v) is 11.1. The van der Waals surface area contributed by atoms with Gasteiger partial charge in [-0.05, 0) is 54.3 Å². The Labute approximate surface area is 170 Å². The van der Waals surface area contributed by atoms with Gasteiger partial charge in [0.2, 0.25) is 0 Å². The average Bonchev–Trinajstić information content (AvgIpc) is 3.44. The van der Waals surface area contributed by atoms with Gasteiger partial charge in [-0.15, -0.1) is 0 Å². The summed E-state index contributed by atoms with van der Waals surface area (Å²) < 4.78 is 5.87. The molecule has 6 heteroatoms. The van der Waals surface area contributed by atoms with Crippen molar-refractivity contribution >= 4 is 5.97 Å². The molecule has 0 aromatic heterocycles. The third-order valence-corrected chi connectivity index (χ3v) is 5.88. The zero-order valence-corrected chi connectivity index (χ0v) is 18.3. The number of aliphatic hydroxyl groups excluding tert-OH is 1. The molecule has 6 nitrogen and oxygen atoms in total. The molecule has 2 aliphatic carbocycles. The predicted octanol–water partition coefficient (Wildman–Crippen LogP) is 3.01. The number of rotatable bonds is 13. The van der Waals surface area contributed by atoms with E-state index in [0.717, 1.165) is 32.1 Å². The molecule has 164 valence electrons. The number of ether oxygens (including phenoxy) is 1. The molecule has 2 aliphatic rings. The van der Waals surface area contributed by atoms with Crippen LogP contribution in [0.1, 0.15) is 73.1 Å². The number of hydrogen-bond donors (Lipinski definition) is 4. The van der Waals surface area contributed by atoms with E-state index in [2.05, 4.69) is 39.9 Å². The van der Waals surface area contributed by atoms with E-state index in [4.69, 9.17) is 4.74 Å². The number of carboxylic acids is 1. The van der Waals surface area contributed by atoms with Crippen molar-refractivity contribution in [2.75, 3.05) is 13.2 Å². The second-order valence-electron chi connectivity index (χ2n) is 11.1. The minimum atomic E-state index is -1.42. The summed E-state index contributed by atoms with van der Waals surface area (Å²) in [6, 6.07) is -0.485. The van der Waals surface area contributed by atoms with Crippen molar-refractivity contribution in [3.63, 3.8) is 0 Å². The maximum Gasteiger partial charge on any atom is 0.320 e. The molecule has 4 unspecified atom stereocenters. The number of carboxylic acid groups (broad SMARTS) is 1. The van der Waals surface area contributed by atoms with Gasteiger partial charge in [0.15, 0.2) is 6.29 Å². The molecule has 28 heavy (non-hydrogen) atoms. The van der Waals surface area contributed by atoms with Crippen LogP contribution in [0.15, 0.2) is 0 Å². The topological polar surface area (TPSA) is 99.0 Å². The fraction of sp³-hybridized carbons (Fsp3) is 0.955. The zero-order valence-electron chi connectivity index (χ0n) is 18.3. The van der Waals surface area contributed by atoms with Crippen LogP contribution < -0.4 is 5.32 Å². The van der Waals surface area contributed by atoms with Crippen molar-refractivity contribution in [2.24, 2.45) is 28.6 Å². The van der Waals surface area contributed by atoms with Crippen molar-refractivity contribution < 1.29 is 24.9 Å². The van der Waals surface area contributed by atoms with Gasteiger partial charge in [-0.25, -0.2) is 0 Å². The Morgan fingerprint density at radius 3 is 2.25 bits per heavy atom. The van der Waals surface area contributed by atoms with Crippen LogP contribution in [0, 0.1) is 28.6 Å². The fourth-order valence-corrected chi connectivity index (χ4v) is 3.91. The van der Waals surface area contributed by atoms with Crippen LogP contribution in [0.5, 0.6) is 0 Å². The number of aliphatic carboxylic acids is 1. The zero-order chi connectivity index (χ0) is 21.1. The Morgan fingerprint density at radius 2 is 1.75 bits per heavy atom. The number of carbonyl (C=O) groups is 1. The molecule has 0 spiro atoms. The summed E-state index contributed by atoms with van der Waals surface area (Å²) in [5, 5.41) is 31.8.